The largest absolute Gasteiger partial charge is 0.417 e. The van der Waals surface area contributed by atoms with Crippen LogP contribution in [-0.4, -0.2) is 30.4 Å². The molecule has 1 aliphatic rings. The van der Waals surface area contributed by atoms with Crippen molar-refractivity contribution in [1.29, 1.82) is 0 Å². The van der Waals surface area contributed by atoms with E-state index in [2.05, 4.69) is 0 Å². The molecule has 27 heavy (non-hydrogen) atoms. The number of hydrogen-bond acceptors (Lipinski definition) is 3. The Morgan fingerprint density at radius 3 is 2.30 bits per heavy atom. The molecule has 0 bridgehead atoms. The zero-order chi connectivity index (χ0) is 19.8. The molecule has 0 spiro atoms. The smallest absolute Gasteiger partial charge is 0.387 e. The number of benzene rings is 2. The minimum Gasteiger partial charge on any atom is -0.387 e. The molecule has 2 aromatic carbocycles. The first kappa shape index (κ1) is 20.1. The van der Waals surface area contributed by atoms with E-state index in [1.165, 1.54) is 0 Å². The Morgan fingerprint density at radius 2 is 1.74 bits per heavy atom. The molecule has 0 aromatic heterocycles. The van der Waals surface area contributed by atoms with E-state index in [-0.39, 0.29) is 6.54 Å². The zero-order valence-electron chi connectivity index (χ0n) is 14.0. The van der Waals surface area contributed by atoms with Gasteiger partial charge in [-0.1, -0.05) is 48.0 Å². The van der Waals surface area contributed by atoms with E-state index in [9.17, 15) is 26.7 Å². The van der Waals surface area contributed by atoms with Crippen molar-refractivity contribution in [1.82, 2.24) is 4.31 Å². The molecule has 0 saturated heterocycles. The molecule has 0 aliphatic heterocycles. The van der Waals surface area contributed by atoms with Crippen LogP contribution in [0.2, 0.25) is 5.02 Å². The monoisotopic (exact) mass is 419 g/mol. The fraction of sp³-hybridized carbons (Fsp3) is 0.333. The van der Waals surface area contributed by atoms with Gasteiger partial charge in [0.15, 0.2) is 0 Å². The fourth-order valence-electron chi connectivity index (χ4n) is 2.87. The topological polar surface area (TPSA) is 57.6 Å². The molecule has 0 amide bonds. The number of alkyl halides is 3. The van der Waals surface area contributed by atoms with Crippen LogP contribution in [0.15, 0.2) is 53.4 Å². The summed E-state index contributed by atoms with van der Waals surface area (Å²) in [5.74, 6) is 0. The third-order valence-corrected chi connectivity index (χ3v) is 6.78. The highest BCUT2D eigenvalue weighted by atomic mass is 35.5. The second-order valence-electron chi connectivity index (χ2n) is 6.35. The van der Waals surface area contributed by atoms with Crippen LogP contribution in [0, 0.1) is 0 Å². The number of hydrogen-bond donors (Lipinski definition) is 1. The summed E-state index contributed by atoms with van der Waals surface area (Å²) in [5, 5.41) is 9.92. The Labute approximate surface area is 160 Å². The number of aliphatic hydroxyl groups is 1. The predicted molar refractivity (Wildman–Crippen MR) is 94.8 cm³/mol. The van der Waals surface area contributed by atoms with Gasteiger partial charge < -0.3 is 5.11 Å². The Kier molecular flexibility index (Phi) is 5.54. The van der Waals surface area contributed by atoms with Gasteiger partial charge in [0.1, 0.15) is 4.90 Å². The summed E-state index contributed by atoms with van der Waals surface area (Å²) in [6.07, 6.45) is -5.00. The third-order valence-electron chi connectivity index (χ3n) is 4.33. The second-order valence-corrected chi connectivity index (χ2v) is 8.58. The lowest BCUT2D eigenvalue weighted by molar-refractivity contribution is -0.139. The lowest BCUT2D eigenvalue weighted by atomic mass is 10.1. The number of rotatable bonds is 6. The fourth-order valence-corrected chi connectivity index (χ4v) is 5.29. The molecule has 146 valence electrons. The van der Waals surface area contributed by atoms with Crippen LogP contribution >= 0.6 is 11.6 Å². The summed E-state index contributed by atoms with van der Waals surface area (Å²) in [6, 6.07) is 10.8. The molecule has 1 N–H and O–H groups in total. The molecule has 0 radical (unpaired) electrons. The van der Waals surface area contributed by atoms with Crippen molar-refractivity contribution in [3.63, 3.8) is 0 Å². The van der Waals surface area contributed by atoms with Crippen molar-refractivity contribution in [2.45, 2.75) is 36.1 Å². The van der Waals surface area contributed by atoms with E-state index in [4.69, 9.17) is 11.6 Å². The summed E-state index contributed by atoms with van der Waals surface area (Å²) >= 11 is 5.87. The zero-order valence-corrected chi connectivity index (χ0v) is 15.6. The summed E-state index contributed by atoms with van der Waals surface area (Å²) < 4.78 is 67.3. The van der Waals surface area contributed by atoms with Crippen LogP contribution < -0.4 is 0 Å². The van der Waals surface area contributed by atoms with Crippen molar-refractivity contribution < 1.29 is 26.7 Å². The van der Waals surface area contributed by atoms with Gasteiger partial charge in [0.05, 0.1) is 16.7 Å². The van der Waals surface area contributed by atoms with Gasteiger partial charge in [-0.25, -0.2) is 8.42 Å². The van der Waals surface area contributed by atoms with Gasteiger partial charge in [-0.15, -0.1) is 0 Å². The van der Waals surface area contributed by atoms with Gasteiger partial charge in [0, 0.05) is 12.6 Å². The maximum absolute atomic E-state index is 13.4. The van der Waals surface area contributed by atoms with Crippen molar-refractivity contribution in [2.75, 3.05) is 6.54 Å². The van der Waals surface area contributed by atoms with E-state index < -0.39 is 43.8 Å². The lowest BCUT2D eigenvalue weighted by Crippen LogP contribution is -2.37. The predicted octanol–water partition coefficient (Wildman–Crippen LogP) is 4.25. The molecular weight excluding hydrogens is 403 g/mol. The van der Waals surface area contributed by atoms with Gasteiger partial charge in [-0.05, 0) is 30.5 Å². The third kappa shape index (κ3) is 4.29. The Morgan fingerprint density at radius 1 is 1.11 bits per heavy atom. The minimum absolute atomic E-state index is 0.348. The van der Waals surface area contributed by atoms with Gasteiger partial charge in [-0.3, -0.25) is 0 Å². The highest BCUT2D eigenvalue weighted by Crippen LogP contribution is 2.41. The summed E-state index contributed by atoms with van der Waals surface area (Å²) in [7, 11) is -4.56. The molecule has 3 rings (SSSR count). The summed E-state index contributed by atoms with van der Waals surface area (Å²) in [5.41, 5.74) is -0.830. The average Bonchev–Trinajstić information content (AvgIpc) is 3.43. The van der Waals surface area contributed by atoms with Crippen LogP contribution in [0.4, 0.5) is 13.2 Å². The first-order chi connectivity index (χ1) is 12.6. The van der Waals surface area contributed by atoms with Crippen molar-refractivity contribution in [3.8, 4) is 0 Å². The molecule has 0 heterocycles. The Hall–Kier alpha value is -1.61. The number of halogens is 4. The first-order valence-corrected chi connectivity index (χ1v) is 10.0. The van der Waals surface area contributed by atoms with Gasteiger partial charge in [0.2, 0.25) is 10.0 Å². The Bertz CT molecular complexity index is 915. The summed E-state index contributed by atoms with van der Waals surface area (Å²) in [4.78, 5) is -0.966. The summed E-state index contributed by atoms with van der Waals surface area (Å²) in [6.45, 7) is -0.348. The highest BCUT2D eigenvalue weighted by Gasteiger charge is 2.45. The van der Waals surface area contributed by atoms with Crippen LogP contribution in [0.3, 0.4) is 0 Å². The van der Waals surface area contributed by atoms with E-state index in [0.29, 0.717) is 24.5 Å². The molecule has 0 unspecified atom stereocenters. The average molecular weight is 420 g/mol. The van der Waals surface area contributed by atoms with E-state index >= 15 is 0 Å². The van der Waals surface area contributed by atoms with Crippen LogP contribution in [0.25, 0.3) is 0 Å². The second kappa shape index (κ2) is 7.43. The maximum Gasteiger partial charge on any atom is 0.417 e. The quantitative estimate of drug-likeness (QED) is 0.761. The van der Waals surface area contributed by atoms with Gasteiger partial charge in [0.25, 0.3) is 0 Å². The molecule has 9 heteroatoms. The van der Waals surface area contributed by atoms with E-state index in [1.54, 1.807) is 30.3 Å². The van der Waals surface area contributed by atoms with E-state index in [0.717, 1.165) is 16.4 Å². The minimum atomic E-state index is -4.87. The van der Waals surface area contributed by atoms with Gasteiger partial charge in [-0.2, -0.15) is 17.5 Å². The first-order valence-electron chi connectivity index (χ1n) is 8.23. The number of nitrogens with zero attached hydrogens (tertiary/aromatic N) is 1. The van der Waals surface area contributed by atoms with Crippen LogP contribution in [0.5, 0.6) is 0 Å². The van der Waals surface area contributed by atoms with E-state index in [1.807, 2.05) is 0 Å². The molecular formula is C18H17ClF3NO3S. The van der Waals surface area contributed by atoms with Crippen LogP contribution in [-0.2, 0) is 16.2 Å². The van der Waals surface area contributed by atoms with Crippen molar-refractivity contribution in [2.24, 2.45) is 0 Å². The van der Waals surface area contributed by atoms with Crippen molar-refractivity contribution >= 4 is 21.6 Å². The molecule has 1 atom stereocenters. The Balaban J connectivity index is 2.02. The normalized spacial score (nSPS) is 16.5. The molecule has 1 saturated carbocycles. The maximum atomic E-state index is 13.4. The van der Waals surface area contributed by atoms with Gasteiger partial charge >= 0.3 is 6.18 Å². The number of sulfonamides is 1. The molecule has 1 fully saturated rings. The molecule has 4 nitrogen and oxygen atoms in total. The SMILES string of the molecule is O=S(=O)(c1c(Cl)cccc1C(F)(F)F)N(C[C@H](O)c1ccccc1)C1CC1. The lowest BCUT2D eigenvalue weighted by Gasteiger charge is -2.26. The number of aliphatic hydroxyl groups excluding tert-OH is 1. The standard InChI is InChI=1S/C18H17ClF3NO3S/c19-15-8-4-7-14(18(20,21)22)17(15)27(25,26)23(13-9-10-13)11-16(24)12-5-2-1-3-6-12/h1-8,13,16,24H,9-11H2/t16-/m0/s1. The van der Waals surface area contributed by atoms with Crippen molar-refractivity contribution in [3.05, 3.63) is 64.7 Å². The highest BCUT2D eigenvalue weighted by molar-refractivity contribution is 7.89. The van der Waals surface area contributed by atoms with Crippen LogP contribution in [0.1, 0.15) is 30.1 Å². The molecule has 2 aromatic rings. The molecule has 1 aliphatic carbocycles.